The van der Waals surface area contributed by atoms with Gasteiger partial charge in [0, 0.05) is 25.2 Å². The molecule has 0 bridgehead atoms. The molecule has 2 heterocycles. The largest absolute Gasteiger partial charge is 0.327 e. The highest BCUT2D eigenvalue weighted by Crippen LogP contribution is 2.20. The molecule has 2 saturated heterocycles. The fourth-order valence-corrected chi connectivity index (χ4v) is 3.81. The van der Waals surface area contributed by atoms with Crippen molar-refractivity contribution < 1.29 is 0 Å². The summed E-state index contributed by atoms with van der Waals surface area (Å²) in [7, 11) is 0. The summed E-state index contributed by atoms with van der Waals surface area (Å²) in [5.74, 6) is 0. The zero-order valence-electron chi connectivity index (χ0n) is 13.1. The molecule has 2 fully saturated rings. The molecule has 2 N–H and O–H groups in total. The summed E-state index contributed by atoms with van der Waals surface area (Å²) < 4.78 is 0. The topological polar surface area (TPSA) is 32.5 Å². The van der Waals surface area contributed by atoms with Crippen molar-refractivity contribution in [2.75, 3.05) is 32.7 Å². The molecule has 1 atom stereocenters. The third kappa shape index (κ3) is 4.29. The molecule has 0 aliphatic carbocycles. The summed E-state index contributed by atoms with van der Waals surface area (Å²) in [5.41, 5.74) is 7.58. The molecule has 0 amide bonds. The summed E-state index contributed by atoms with van der Waals surface area (Å²) in [6.07, 6.45) is 6.32. The second kappa shape index (κ2) is 7.39. The van der Waals surface area contributed by atoms with Crippen LogP contribution < -0.4 is 5.73 Å². The van der Waals surface area contributed by atoms with Gasteiger partial charge >= 0.3 is 0 Å². The minimum atomic E-state index is 0.412. The van der Waals surface area contributed by atoms with Crippen LogP contribution in [-0.2, 0) is 6.42 Å². The van der Waals surface area contributed by atoms with Crippen LogP contribution in [0.2, 0.25) is 0 Å². The van der Waals surface area contributed by atoms with E-state index in [0.717, 1.165) is 12.6 Å². The van der Waals surface area contributed by atoms with Crippen LogP contribution >= 0.6 is 0 Å². The molecule has 3 nitrogen and oxygen atoms in total. The summed E-state index contributed by atoms with van der Waals surface area (Å²) in [5, 5.41) is 0. The van der Waals surface area contributed by atoms with Crippen LogP contribution in [0, 0.1) is 0 Å². The standard InChI is InChI=1S/C18H29N3/c19-17-7-4-11-21(15-17)18-9-13-20(14-10-18)12-8-16-5-2-1-3-6-16/h1-3,5-6,17-18H,4,7-15,19H2. The van der Waals surface area contributed by atoms with E-state index in [2.05, 4.69) is 40.1 Å². The predicted octanol–water partition coefficient (Wildman–Crippen LogP) is 2.12. The number of rotatable bonds is 4. The van der Waals surface area contributed by atoms with Gasteiger partial charge in [-0.2, -0.15) is 0 Å². The smallest absolute Gasteiger partial charge is 0.0168 e. The summed E-state index contributed by atoms with van der Waals surface area (Å²) in [6, 6.07) is 12.0. The lowest BCUT2D eigenvalue weighted by molar-refractivity contribution is 0.0863. The number of hydrogen-bond acceptors (Lipinski definition) is 3. The molecule has 116 valence electrons. The number of nitrogens with two attached hydrogens (primary N) is 1. The van der Waals surface area contributed by atoms with Crippen LogP contribution in [-0.4, -0.2) is 54.6 Å². The second-order valence-electron chi connectivity index (χ2n) is 6.71. The molecule has 21 heavy (non-hydrogen) atoms. The first-order chi connectivity index (χ1) is 10.3. The predicted molar refractivity (Wildman–Crippen MR) is 88.4 cm³/mol. The maximum atomic E-state index is 6.12. The molecular weight excluding hydrogens is 258 g/mol. The molecule has 0 radical (unpaired) electrons. The molecule has 0 aromatic heterocycles. The Bertz CT molecular complexity index is 412. The first-order valence-corrected chi connectivity index (χ1v) is 8.57. The molecule has 1 unspecified atom stereocenters. The van der Waals surface area contributed by atoms with E-state index in [1.165, 1.54) is 63.8 Å². The zero-order valence-corrected chi connectivity index (χ0v) is 13.1. The van der Waals surface area contributed by atoms with Crippen molar-refractivity contribution in [3.63, 3.8) is 0 Å². The lowest BCUT2D eigenvalue weighted by Gasteiger charge is -2.41. The first kappa shape index (κ1) is 15.0. The van der Waals surface area contributed by atoms with Crippen LogP contribution in [0.25, 0.3) is 0 Å². The third-order valence-electron chi connectivity index (χ3n) is 5.12. The van der Waals surface area contributed by atoms with E-state index in [1.54, 1.807) is 0 Å². The highest BCUT2D eigenvalue weighted by molar-refractivity contribution is 5.14. The van der Waals surface area contributed by atoms with Gasteiger partial charge in [0.15, 0.2) is 0 Å². The van der Waals surface area contributed by atoms with Crippen LogP contribution in [0.1, 0.15) is 31.2 Å². The van der Waals surface area contributed by atoms with E-state index in [9.17, 15) is 0 Å². The van der Waals surface area contributed by atoms with Crippen molar-refractivity contribution >= 4 is 0 Å². The van der Waals surface area contributed by atoms with Crippen LogP contribution in [0.4, 0.5) is 0 Å². The van der Waals surface area contributed by atoms with Gasteiger partial charge < -0.3 is 10.6 Å². The van der Waals surface area contributed by atoms with Gasteiger partial charge in [-0.25, -0.2) is 0 Å². The van der Waals surface area contributed by atoms with Gasteiger partial charge in [-0.15, -0.1) is 0 Å². The van der Waals surface area contributed by atoms with E-state index in [4.69, 9.17) is 5.73 Å². The van der Waals surface area contributed by atoms with Crippen LogP contribution in [0.5, 0.6) is 0 Å². The van der Waals surface area contributed by atoms with Crippen molar-refractivity contribution in [2.45, 2.75) is 44.2 Å². The Balaban J connectivity index is 1.40. The fraction of sp³-hybridized carbons (Fsp3) is 0.667. The SMILES string of the molecule is NC1CCCN(C2CCN(CCc3ccccc3)CC2)C1. The van der Waals surface area contributed by atoms with Crippen molar-refractivity contribution in [3.8, 4) is 0 Å². The average Bonchev–Trinajstić information content (AvgIpc) is 2.54. The van der Waals surface area contributed by atoms with Gasteiger partial charge in [0.25, 0.3) is 0 Å². The normalized spacial score (nSPS) is 26.0. The van der Waals surface area contributed by atoms with Crippen LogP contribution in [0.15, 0.2) is 30.3 Å². The minimum Gasteiger partial charge on any atom is -0.327 e. The van der Waals surface area contributed by atoms with E-state index in [-0.39, 0.29) is 0 Å². The van der Waals surface area contributed by atoms with Gasteiger partial charge in [0.2, 0.25) is 0 Å². The van der Waals surface area contributed by atoms with E-state index < -0.39 is 0 Å². The lowest BCUT2D eigenvalue weighted by atomic mass is 9.98. The molecule has 2 aliphatic rings. The van der Waals surface area contributed by atoms with Gasteiger partial charge in [0.1, 0.15) is 0 Å². The zero-order chi connectivity index (χ0) is 14.5. The van der Waals surface area contributed by atoms with Gasteiger partial charge in [-0.1, -0.05) is 30.3 Å². The minimum absolute atomic E-state index is 0.412. The van der Waals surface area contributed by atoms with Crippen molar-refractivity contribution in [3.05, 3.63) is 35.9 Å². The Kier molecular flexibility index (Phi) is 5.28. The van der Waals surface area contributed by atoms with Gasteiger partial charge in [-0.05, 0) is 57.3 Å². The number of nitrogens with zero attached hydrogens (tertiary/aromatic N) is 2. The Hall–Kier alpha value is -0.900. The number of piperidine rings is 2. The molecule has 2 aliphatic heterocycles. The Morgan fingerprint density at radius 3 is 2.48 bits per heavy atom. The van der Waals surface area contributed by atoms with Crippen LogP contribution in [0.3, 0.4) is 0 Å². The third-order valence-corrected chi connectivity index (χ3v) is 5.12. The Morgan fingerprint density at radius 1 is 1.00 bits per heavy atom. The van der Waals surface area contributed by atoms with E-state index in [0.29, 0.717) is 6.04 Å². The molecule has 0 saturated carbocycles. The van der Waals surface area contributed by atoms with Crippen molar-refractivity contribution in [2.24, 2.45) is 5.73 Å². The molecule has 3 rings (SSSR count). The molecule has 3 heteroatoms. The van der Waals surface area contributed by atoms with Crippen molar-refractivity contribution in [1.82, 2.24) is 9.80 Å². The van der Waals surface area contributed by atoms with Gasteiger partial charge in [-0.3, -0.25) is 4.90 Å². The number of likely N-dealkylation sites (tertiary alicyclic amines) is 2. The molecular formula is C18H29N3. The second-order valence-corrected chi connectivity index (χ2v) is 6.71. The first-order valence-electron chi connectivity index (χ1n) is 8.57. The highest BCUT2D eigenvalue weighted by atomic mass is 15.2. The fourth-order valence-electron chi connectivity index (χ4n) is 3.81. The monoisotopic (exact) mass is 287 g/mol. The molecule has 1 aromatic carbocycles. The Morgan fingerprint density at radius 2 is 1.76 bits per heavy atom. The summed E-state index contributed by atoms with van der Waals surface area (Å²) in [4.78, 5) is 5.29. The van der Waals surface area contributed by atoms with E-state index in [1.807, 2.05) is 0 Å². The molecule has 0 spiro atoms. The number of benzene rings is 1. The average molecular weight is 287 g/mol. The summed E-state index contributed by atoms with van der Waals surface area (Å²) in [6.45, 7) is 6.10. The highest BCUT2D eigenvalue weighted by Gasteiger charge is 2.27. The summed E-state index contributed by atoms with van der Waals surface area (Å²) >= 11 is 0. The Labute approximate surface area is 129 Å². The quantitative estimate of drug-likeness (QED) is 0.920. The van der Waals surface area contributed by atoms with Gasteiger partial charge in [0.05, 0.1) is 0 Å². The van der Waals surface area contributed by atoms with E-state index >= 15 is 0 Å². The van der Waals surface area contributed by atoms with Crippen molar-refractivity contribution in [1.29, 1.82) is 0 Å². The molecule has 1 aromatic rings. The lowest BCUT2D eigenvalue weighted by Crippen LogP contribution is -2.51. The number of hydrogen-bond donors (Lipinski definition) is 1. The maximum Gasteiger partial charge on any atom is 0.0168 e. The maximum absolute atomic E-state index is 6.12.